The van der Waals surface area contributed by atoms with Crippen molar-refractivity contribution in [3.63, 3.8) is 0 Å². The van der Waals surface area contributed by atoms with Gasteiger partial charge in [0.2, 0.25) is 5.91 Å². The van der Waals surface area contributed by atoms with E-state index in [1.54, 1.807) is 0 Å². The molecule has 3 aliphatic heterocycles. The van der Waals surface area contributed by atoms with Gasteiger partial charge in [0.25, 0.3) is 0 Å². The number of nitrogens with one attached hydrogen (secondary N) is 1. The first kappa shape index (κ1) is 13.1. The van der Waals surface area contributed by atoms with Crippen LogP contribution >= 0.6 is 0 Å². The molecule has 4 rings (SSSR count). The van der Waals surface area contributed by atoms with Crippen LogP contribution < -0.4 is 5.32 Å². The minimum Gasteiger partial charge on any atom is -0.322 e. The average Bonchev–Trinajstić information content (AvgIpc) is 2.95. The second-order valence-electron chi connectivity index (χ2n) is 7.64. The zero-order valence-corrected chi connectivity index (χ0v) is 12.8. The lowest BCUT2D eigenvalue weighted by Crippen LogP contribution is -2.53. The van der Waals surface area contributed by atoms with E-state index in [9.17, 15) is 4.79 Å². The summed E-state index contributed by atoms with van der Waals surface area (Å²) in [4.78, 5) is 17.7. The van der Waals surface area contributed by atoms with Crippen molar-refractivity contribution in [2.45, 2.75) is 76.2 Å². The average molecular weight is 277 g/mol. The van der Waals surface area contributed by atoms with Gasteiger partial charge in [-0.3, -0.25) is 10.1 Å². The van der Waals surface area contributed by atoms with Gasteiger partial charge in [0.1, 0.15) is 0 Å². The minimum absolute atomic E-state index is 0.151. The maximum Gasteiger partial charge on any atom is 0.244 e. The van der Waals surface area contributed by atoms with E-state index in [1.165, 1.54) is 38.8 Å². The molecule has 1 N–H and O–H groups in total. The molecule has 1 aliphatic carbocycles. The highest BCUT2D eigenvalue weighted by Gasteiger charge is 2.61. The number of nitrogens with zero attached hydrogens (tertiary/aromatic N) is 2. The third-order valence-electron chi connectivity index (χ3n) is 5.94. The Hall–Kier alpha value is -0.610. The Morgan fingerprint density at radius 2 is 2.00 bits per heavy atom. The van der Waals surface area contributed by atoms with E-state index in [-0.39, 0.29) is 11.7 Å². The summed E-state index contributed by atoms with van der Waals surface area (Å²) >= 11 is 0. The Labute approximate surface area is 121 Å². The summed E-state index contributed by atoms with van der Waals surface area (Å²) in [6, 6.07) is 1.21. The van der Waals surface area contributed by atoms with E-state index in [0.717, 1.165) is 18.9 Å². The van der Waals surface area contributed by atoms with Crippen LogP contribution in [-0.2, 0) is 4.79 Å². The number of piperidine rings is 1. The summed E-state index contributed by atoms with van der Waals surface area (Å²) in [7, 11) is 0. The summed E-state index contributed by atoms with van der Waals surface area (Å²) in [6.45, 7) is 6.95. The fraction of sp³-hybridized carbons (Fsp3) is 0.938. The molecule has 0 aromatic rings. The van der Waals surface area contributed by atoms with Crippen LogP contribution in [0.3, 0.4) is 0 Å². The molecule has 4 nitrogen and oxygen atoms in total. The van der Waals surface area contributed by atoms with Crippen LogP contribution in [0.25, 0.3) is 0 Å². The van der Waals surface area contributed by atoms with Crippen LogP contribution in [0.4, 0.5) is 0 Å². The molecule has 0 aromatic carbocycles. The van der Waals surface area contributed by atoms with Gasteiger partial charge in [-0.2, -0.15) is 0 Å². The first-order valence-corrected chi connectivity index (χ1v) is 8.45. The quantitative estimate of drug-likeness (QED) is 0.832. The van der Waals surface area contributed by atoms with E-state index >= 15 is 0 Å². The molecule has 20 heavy (non-hydrogen) atoms. The van der Waals surface area contributed by atoms with Gasteiger partial charge in [0.15, 0.2) is 0 Å². The molecule has 112 valence electrons. The first-order valence-electron chi connectivity index (χ1n) is 8.45. The molecule has 4 fully saturated rings. The molecule has 3 heterocycles. The molecule has 4 aliphatic rings. The van der Waals surface area contributed by atoms with Crippen LogP contribution in [-0.4, -0.2) is 52.6 Å². The Kier molecular flexibility index (Phi) is 2.90. The lowest BCUT2D eigenvalue weighted by molar-refractivity contribution is -0.135. The predicted molar refractivity (Wildman–Crippen MR) is 78.2 cm³/mol. The topological polar surface area (TPSA) is 35.6 Å². The van der Waals surface area contributed by atoms with Crippen molar-refractivity contribution in [3.05, 3.63) is 0 Å². The highest BCUT2D eigenvalue weighted by atomic mass is 16.2. The number of rotatable bonds is 2. The molecule has 1 saturated carbocycles. The highest BCUT2D eigenvalue weighted by Crippen LogP contribution is 2.45. The van der Waals surface area contributed by atoms with Gasteiger partial charge in [0.05, 0.1) is 11.7 Å². The maximum absolute atomic E-state index is 12.8. The Balaban J connectivity index is 1.55. The largest absolute Gasteiger partial charge is 0.322 e. The summed E-state index contributed by atoms with van der Waals surface area (Å²) in [5.41, 5.74) is -0.151. The number of amides is 1. The predicted octanol–water partition coefficient (Wildman–Crippen LogP) is 1.56. The first-order chi connectivity index (χ1) is 9.61. The number of carbonyl (C=O) groups is 1. The SMILES string of the molecule is CC(C)C1NC2(CC2)C(=O)N1C1CCN2CCCC2C1. The van der Waals surface area contributed by atoms with Crippen molar-refractivity contribution >= 4 is 5.91 Å². The van der Waals surface area contributed by atoms with E-state index in [1.807, 2.05) is 0 Å². The minimum atomic E-state index is -0.151. The summed E-state index contributed by atoms with van der Waals surface area (Å²) in [5, 5.41) is 3.66. The molecule has 0 aromatic heterocycles. The van der Waals surface area contributed by atoms with Gasteiger partial charge in [-0.15, -0.1) is 0 Å². The molecular formula is C16H27N3O. The van der Waals surface area contributed by atoms with Crippen molar-refractivity contribution < 1.29 is 4.79 Å². The third-order valence-corrected chi connectivity index (χ3v) is 5.94. The second kappa shape index (κ2) is 4.44. The molecule has 0 radical (unpaired) electrons. The van der Waals surface area contributed by atoms with Gasteiger partial charge in [-0.1, -0.05) is 13.8 Å². The van der Waals surface area contributed by atoms with Crippen LogP contribution in [0.15, 0.2) is 0 Å². The maximum atomic E-state index is 12.8. The normalized spacial score (nSPS) is 39.9. The smallest absolute Gasteiger partial charge is 0.244 e. The number of hydrogen-bond donors (Lipinski definition) is 1. The Morgan fingerprint density at radius 3 is 2.70 bits per heavy atom. The van der Waals surface area contributed by atoms with E-state index < -0.39 is 0 Å². The summed E-state index contributed by atoms with van der Waals surface area (Å²) < 4.78 is 0. The van der Waals surface area contributed by atoms with Gasteiger partial charge in [-0.25, -0.2) is 0 Å². The zero-order valence-electron chi connectivity index (χ0n) is 12.8. The van der Waals surface area contributed by atoms with Crippen molar-refractivity contribution in [1.29, 1.82) is 0 Å². The lowest BCUT2D eigenvalue weighted by Gasteiger charge is -2.42. The molecule has 3 atom stereocenters. The van der Waals surface area contributed by atoms with Crippen molar-refractivity contribution in [2.24, 2.45) is 5.92 Å². The van der Waals surface area contributed by atoms with E-state index in [4.69, 9.17) is 0 Å². The highest BCUT2D eigenvalue weighted by molar-refractivity contribution is 5.92. The molecule has 0 bridgehead atoms. The number of hydrogen-bond acceptors (Lipinski definition) is 3. The van der Waals surface area contributed by atoms with Gasteiger partial charge in [-0.05, 0) is 51.0 Å². The molecule has 3 saturated heterocycles. The van der Waals surface area contributed by atoms with E-state index in [2.05, 4.69) is 29.0 Å². The van der Waals surface area contributed by atoms with Crippen LogP contribution in [0.5, 0.6) is 0 Å². The van der Waals surface area contributed by atoms with Crippen LogP contribution in [0, 0.1) is 5.92 Å². The van der Waals surface area contributed by atoms with Gasteiger partial charge < -0.3 is 9.80 Å². The number of carbonyl (C=O) groups excluding carboxylic acids is 1. The molecule has 1 amide bonds. The van der Waals surface area contributed by atoms with Crippen LogP contribution in [0.1, 0.15) is 52.4 Å². The summed E-state index contributed by atoms with van der Waals surface area (Å²) in [6.07, 6.45) is 7.42. The van der Waals surface area contributed by atoms with Gasteiger partial charge >= 0.3 is 0 Å². The monoisotopic (exact) mass is 277 g/mol. The van der Waals surface area contributed by atoms with Gasteiger partial charge in [0, 0.05) is 18.6 Å². The standard InChI is InChI=1S/C16H27N3O/c1-11(2)14-17-16(6-7-16)15(20)19(14)13-5-9-18-8-3-4-12(18)10-13/h11-14,17H,3-10H2,1-2H3. The fourth-order valence-corrected chi connectivity index (χ4v) is 4.61. The molecule has 1 spiro atoms. The zero-order chi connectivity index (χ0) is 13.9. The molecule has 3 unspecified atom stereocenters. The van der Waals surface area contributed by atoms with Crippen LogP contribution in [0.2, 0.25) is 0 Å². The number of fused-ring (bicyclic) bond motifs is 1. The van der Waals surface area contributed by atoms with E-state index in [0.29, 0.717) is 17.9 Å². The fourth-order valence-electron chi connectivity index (χ4n) is 4.61. The third kappa shape index (κ3) is 1.84. The van der Waals surface area contributed by atoms with Crippen molar-refractivity contribution in [1.82, 2.24) is 15.1 Å². The Bertz CT molecular complexity index is 418. The second-order valence-corrected chi connectivity index (χ2v) is 7.64. The summed E-state index contributed by atoms with van der Waals surface area (Å²) in [5.74, 6) is 0.910. The lowest BCUT2D eigenvalue weighted by atomic mass is 9.95. The Morgan fingerprint density at radius 1 is 1.20 bits per heavy atom. The van der Waals surface area contributed by atoms with Crippen molar-refractivity contribution in [2.75, 3.05) is 13.1 Å². The molecule has 4 heteroatoms. The van der Waals surface area contributed by atoms with Crippen molar-refractivity contribution in [3.8, 4) is 0 Å². The molecular weight excluding hydrogens is 250 g/mol.